The van der Waals surface area contributed by atoms with Crippen molar-refractivity contribution in [2.75, 3.05) is 0 Å². The van der Waals surface area contributed by atoms with E-state index in [0.717, 1.165) is 38.5 Å². The molecule has 0 radical (unpaired) electrons. The minimum atomic E-state index is -0.672. The number of allylic oxidation sites excluding steroid dienone is 4. The predicted octanol–water partition coefficient (Wildman–Crippen LogP) is 6.75. The van der Waals surface area contributed by atoms with Crippen molar-refractivity contribution in [1.29, 1.82) is 0 Å². The first kappa shape index (κ1) is 30.8. The maximum absolute atomic E-state index is 10.2. The van der Waals surface area contributed by atoms with Gasteiger partial charge in [0.25, 0.3) is 0 Å². The van der Waals surface area contributed by atoms with E-state index in [-0.39, 0.29) is 19.5 Å². The van der Waals surface area contributed by atoms with Gasteiger partial charge in [-0.1, -0.05) is 62.8 Å². The van der Waals surface area contributed by atoms with Gasteiger partial charge in [-0.25, -0.2) is 0 Å². The second-order valence-electron chi connectivity index (χ2n) is 6.54. The van der Waals surface area contributed by atoms with Crippen LogP contribution in [0, 0.1) is 0 Å². The van der Waals surface area contributed by atoms with Gasteiger partial charge < -0.3 is 10.2 Å². The van der Waals surface area contributed by atoms with Crippen molar-refractivity contribution in [2.24, 2.45) is 0 Å². The van der Waals surface area contributed by atoms with Crippen LogP contribution in [0.25, 0.3) is 0 Å². The van der Waals surface area contributed by atoms with Crippen LogP contribution < -0.4 is 0 Å². The summed E-state index contributed by atoms with van der Waals surface area (Å²) in [6, 6.07) is 0. The molecule has 0 saturated heterocycles. The molecule has 154 valence electrons. The Morgan fingerprint density at radius 1 is 0.593 bits per heavy atom. The van der Waals surface area contributed by atoms with E-state index in [9.17, 15) is 9.59 Å². The molecule has 27 heavy (non-hydrogen) atoms. The molecule has 0 rings (SSSR count). The summed E-state index contributed by atoms with van der Waals surface area (Å²) in [5.74, 6) is -1.34. The molecular weight excluding hydrogens is 394 g/mol. The van der Waals surface area contributed by atoms with E-state index in [2.05, 4.69) is 24.3 Å². The van der Waals surface area contributed by atoms with Gasteiger partial charge in [-0.2, -0.15) is 0 Å². The summed E-state index contributed by atoms with van der Waals surface area (Å²) < 4.78 is 0. The van der Waals surface area contributed by atoms with Crippen molar-refractivity contribution in [1.82, 2.24) is 0 Å². The molecule has 0 bridgehead atoms. The van der Waals surface area contributed by atoms with Crippen molar-refractivity contribution in [3.05, 3.63) is 24.3 Å². The summed E-state index contributed by atoms with van der Waals surface area (Å²) in [5.41, 5.74) is 0. The molecule has 4 nitrogen and oxygen atoms in total. The van der Waals surface area contributed by atoms with E-state index >= 15 is 0 Å². The molecular formula is C22H40O4Zn. The standard InChI is InChI=1S/2C11H20O2.Zn/c2*1-2-3-4-5-6-7-8-9-10-11(12)13;/h2*2-3H,4-10H2,1H3,(H,12,13);/b2*3-2+;. The van der Waals surface area contributed by atoms with Gasteiger partial charge in [-0.05, 0) is 52.4 Å². The summed E-state index contributed by atoms with van der Waals surface area (Å²) >= 11 is 0. The fourth-order valence-electron chi connectivity index (χ4n) is 2.47. The quantitative estimate of drug-likeness (QED) is 0.160. The van der Waals surface area contributed by atoms with Crippen molar-refractivity contribution >= 4 is 11.9 Å². The van der Waals surface area contributed by atoms with Crippen LogP contribution in [-0.4, -0.2) is 22.2 Å². The Morgan fingerprint density at radius 2 is 0.889 bits per heavy atom. The van der Waals surface area contributed by atoms with Gasteiger partial charge in [0.1, 0.15) is 0 Å². The molecule has 0 aromatic carbocycles. The smallest absolute Gasteiger partial charge is 0.303 e. The maximum atomic E-state index is 10.2. The predicted molar refractivity (Wildman–Crippen MR) is 110 cm³/mol. The van der Waals surface area contributed by atoms with Gasteiger partial charge in [0.05, 0.1) is 0 Å². The van der Waals surface area contributed by atoms with Crippen molar-refractivity contribution in [3.8, 4) is 0 Å². The van der Waals surface area contributed by atoms with E-state index in [0.29, 0.717) is 12.8 Å². The molecule has 2 N–H and O–H groups in total. The Labute approximate surface area is 179 Å². The molecule has 0 aliphatic rings. The third-order valence-corrected chi connectivity index (χ3v) is 3.99. The van der Waals surface area contributed by atoms with Crippen LogP contribution in [0.15, 0.2) is 24.3 Å². The SMILES string of the molecule is C/C=C/CCCCCCCC(=O)O.C/C=C/CCCCCCCC(=O)O.[Zn]. The molecule has 0 aliphatic heterocycles. The monoisotopic (exact) mass is 432 g/mol. The number of rotatable bonds is 16. The van der Waals surface area contributed by atoms with Crippen LogP contribution in [-0.2, 0) is 29.1 Å². The summed E-state index contributed by atoms with van der Waals surface area (Å²) in [6.07, 6.45) is 22.5. The Balaban J connectivity index is -0.000000411. The van der Waals surface area contributed by atoms with E-state index in [4.69, 9.17) is 10.2 Å². The summed E-state index contributed by atoms with van der Waals surface area (Å²) in [7, 11) is 0. The van der Waals surface area contributed by atoms with Gasteiger partial charge in [-0.15, -0.1) is 0 Å². The van der Waals surface area contributed by atoms with Gasteiger partial charge in [0, 0.05) is 32.3 Å². The average Bonchev–Trinajstić information content (AvgIpc) is 2.60. The molecule has 0 saturated carbocycles. The number of unbranched alkanes of at least 4 members (excludes halogenated alkanes) is 10. The molecule has 0 heterocycles. The number of hydrogen-bond donors (Lipinski definition) is 2. The fourth-order valence-corrected chi connectivity index (χ4v) is 2.47. The molecule has 0 unspecified atom stereocenters. The molecule has 5 heteroatoms. The van der Waals surface area contributed by atoms with Crippen LogP contribution >= 0.6 is 0 Å². The third kappa shape index (κ3) is 36.7. The minimum absolute atomic E-state index is 0. The molecule has 0 spiro atoms. The van der Waals surface area contributed by atoms with Gasteiger partial charge in [0.15, 0.2) is 0 Å². The van der Waals surface area contributed by atoms with E-state index in [1.54, 1.807) is 0 Å². The number of carbonyl (C=O) groups is 2. The minimum Gasteiger partial charge on any atom is -0.481 e. The first-order valence-electron chi connectivity index (χ1n) is 10.2. The zero-order valence-electron chi connectivity index (χ0n) is 17.6. The molecule has 0 aromatic heterocycles. The van der Waals surface area contributed by atoms with Gasteiger partial charge in [-0.3, -0.25) is 9.59 Å². The molecule has 0 fully saturated rings. The van der Waals surface area contributed by atoms with E-state index in [1.165, 1.54) is 38.5 Å². The topological polar surface area (TPSA) is 74.6 Å². The average molecular weight is 434 g/mol. The first-order chi connectivity index (χ1) is 12.5. The molecule has 0 aromatic rings. The first-order valence-corrected chi connectivity index (χ1v) is 10.2. The molecule has 0 amide bonds. The fraction of sp³-hybridized carbons (Fsp3) is 0.727. The van der Waals surface area contributed by atoms with E-state index in [1.807, 2.05) is 13.8 Å². The second kappa shape index (κ2) is 27.3. The largest absolute Gasteiger partial charge is 0.481 e. The zero-order valence-corrected chi connectivity index (χ0v) is 20.6. The Bertz CT molecular complexity index is 343. The number of hydrogen-bond acceptors (Lipinski definition) is 2. The molecule has 0 atom stereocenters. The number of aliphatic carboxylic acids is 2. The number of carboxylic acids is 2. The Kier molecular flexibility index (Phi) is 31.1. The normalized spacial score (nSPS) is 10.4. The zero-order chi connectivity index (χ0) is 19.9. The van der Waals surface area contributed by atoms with Crippen LogP contribution in [0.5, 0.6) is 0 Å². The van der Waals surface area contributed by atoms with Crippen LogP contribution in [0.2, 0.25) is 0 Å². The van der Waals surface area contributed by atoms with Gasteiger partial charge in [0.2, 0.25) is 0 Å². The van der Waals surface area contributed by atoms with Gasteiger partial charge >= 0.3 is 11.9 Å². The number of carboxylic acid groups (broad SMARTS) is 2. The second-order valence-corrected chi connectivity index (χ2v) is 6.54. The summed E-state index contributed by atoms with van der Waals surface area (Å²) in [4.78, 5) is 20.3. The van der Waals surface area contributed by atoms with Crippen molar-refractivity contribution < 1.29 is 39.3 Å². The Hall–Kier alpha value is -0.957. The van der Waals surface area contributed by atoms with E-state index < -0.39 is 11.9 Å². The van der Waals surface area contributed by atoms with Crippen molar-refractivity contribution in [2.45, 2.75) is 104 Å². The third-order valence-electron chi connectivity index (χ3n) is 3.99. The van der Waals surface area contributed by atoms with Crippen LogP contribution in [0.1, 0.15) is 104 Å². The summed E-state index contributed by atoms with van der Waals surface area (Å²) in [6.45, 7) is 4.07. The van der Waals surface area contributed by atoms with Crippen LogP contribution in [0.4, 0.5) is 0 Å². The Morgan fingerprint density at radius 3 is 1.19 bits per heavy atom. The molecule has 0 aliphatic carbocycles. The summed E-state index contributed by atoms with van der Waals surface area (Å²) in [5, 5.41) is 16.8. The maximum Gasteiger partial charge on any atom is 0.303 e. The van der Waals surface area contributed by atoms with Crippen molar-refractivity contribution in [3.63, 3.8) is 0 Å². The van der Waals surface area contributed by atoms with Crippen LogP contribution in [0.3, 0.4) is 0 Å².